The van der Waals surface area contributed by atoms with E-state index >= 15 is 0 Å². The molecule has 0 aromatic heterocycles. The molecule has 196 valence electrons. The zero-order valence-corrected chi connectivity index (χ0v) is 22.4. The van der Waals surface area contributed by atoms with Crippen LogP contribution in [0.2, 0.25) is 0 Å². The van der Waals surface area contributed by atoms with Crippen LogP contribution in [0.3, 0.4) is 0 Å². The zero-order chi connectivity index (χ0) is 26.7. The van der Waals surface area contributed by atoms with Crippen LogP contribution >= 0.6 is 0 Å². The van der Waals surface area contributed by atoms with Gasteiger partial charge in [-0.25, -0.2) is 0 Å². The van der Waals surface area contributed by atoms with Gasteiger partial charge in [0, 0.05) is 31.8 Å². The lowest BCUT2D eigenvalue weighted by molar-refractivity contribution is -0.142. The Morgan fingerprint density at radius 1 is 1.14 bits per heavy atom. The van der Waals surface area contributed by atoms with Crippen molar-refractivity contribution in [2.75, 3.05) is 25.1 Å². The second kappa shape index (κ2) is 10.8. The van der Waals surface area contributed by atoms with Crippen molar-refractivity contribution in [1.82, 2.24) is 10.2 Å². The van der Waals surface area contributed by atoms with E-state index in [1.807, 2.05) is 70.2 Å². The molecular formula is C30H37N3O4. The molecule has 1 saturated heterocycles. The molecule has 1 N–H and O–H groups in total. The summed E-state index contributed by atoms with van der Waals surface area (Å²) in [5, 5.41) is 2.92. The van der Waals surface area contributed by atoms with Crippen LogP contribution in [0, 0.1) is 12.3 Å². The highest BCUT2D eigenvalue weighted by Crippen LogP contribution is 2.28. The van der Waals surface area contributed by atoms with Gasteiger partial charge in [0.25, 0.3) is 0 Å². The number of likely N-dealkylation sites (N-methyl/N-ethyl adjacent to an activating group) is 1. The molecule has 2 heterocycles. The van der Waals surface area contributed by atoms with Gasteiger partial charge in [-0.15, -0.1) is 0 Å². The van der Waals surface area contributed by atoms with Crippen molar-refractivity contribution < 1.29 is 19.1 Å². The van der Waals surface area contributed by atoms with E-state index in [1.54, 1.807) is 22.9 Å². The fraction of sp³-hybridized carbons (Fsp3) is 0.433. The van der Waals surface area contributed by atoms with Gasteiger partial charge < -0.3 is 19.9 Å². The largest absolute Gasteiger partial charge is 0.493 e. The number of rotatable bonds is 6. The number of ether oxygens (including phenoxy) is 1. The number of likely N-dealkylation sites (tertiary alicyclic amines) is 1. The molecule has 2 aromatic rings. The molecule has 4 rings (SSSR count). The molecule has 2 aliphatic heterocycles. The van der Waals surface area contributed by atoms with Gasteiger partial charge in [0.1, 0.15) is 17.8 Å². The van der Waals surface area contributed by atoms with E-state index in [4.69, 9.17) is 4.74 Å². The molecule has 7 heteroatoms. The minimum Gasteiger partial charge on any atom is -0.493 e. The molecule has 0 spiro atoms. The second-order valence-corrected chi connectivity index (χ2v) is 11.0. The van der Waals surface area contributed by atoms with Crippen LogP contribution in [0.5, 0.6) is 5.75 Å². The summed E-state index contributed by atoms with van der Waals surface area (Å²) >= 11 is 0. The SMILES string of the molecule is Cc1ccc(N(C)C(=O)[C@@H]2CCCN2C(=O)C(NC(=O)/C=C/c2ccc3c(c2)CCO3)C(C)(C)C)cc1. The molecule has 2 aliphatic rings. The molecule has 1 fully saturated rings. The monoisotopic (exact) mass is 503 g/mol. The van der Waals surface area contributed by atoms with Gasteiger partial charge in [0.2, 0.25) is 17.7 Å². The number of carbonyl (C=O) groups excluding carboxylic acids is 3. The van der Waals surface area contributed by atoms with Gasteiger partial charge in [-0.05, 0) is 66.6 Å². The highest BCUT2D eigenvalue weighted by Gasteiger charge is 2.42. The summed E-state index contributed by atoms with van der Waals surface area (Å²) in [7, 11) is 1.74. The van der Waals surface area contributed by atoms with E-state index < -0.39 is 17.5 Å². The third-order valence-corrected chi connectivity index (χ3v) is 7.11. The first kappa shape index (κ1) is 26.5. The minimum atomic E-state index is -0.767. The Morgan fingerprint density at radius 3 is 2.57 bits per heavy atom. The number of nitrogens with one attached hydrogen (secondary N) is 1. The summed E-state index contributed by atoms with van der Waals surface area (Å²) in [6, 6.07) is 12.3. The molecule has 7 nitrogen and oxygen atoms in total. The van der Waals surface area contributed by atoms with Crippen molar-refractivity contribution >= 4 is 29.5 Å². The summed E-state index contributed by atoms with van der Waals surface area (Å²) in [4.78, 5) is 43.3. The maximum atomic E-state index is 13.8. The first-order chi connectivity index (χ1) is 17.5. The number of hydrogen-bond acceptors (Lipinski definition) is 4. The molecule has 2 atom stereocenters. The van der Waals surface area contributed by atoms with Gasteiger partial charge in [0.05, 0.1) is 6.61 Å². The zero-order valence-electron chi connectivity index (χ0n) is 22.4. The first-order valence-electron chi connectivity index (χ1n) is 12.9. The maximum absolute atomic E-state index is 13.8. The number of benzene rings is 2. The Morgan fingerprint density at radius 2 is 1.86 bits per heavy atom. The molecule has 2 aromatic carbocycles. The normalized spacial score (nSPS) is 17.9. The summed E-state index contributed by atoms with van der Waals surface area (Å²) in [6.45, 7) is 8.94. The lowest BCUT2D eigenvalue weighted by Crippen LogP contribution is -2.57. The Labute approximate surface area is 219 Å². The molecule has 0 bridgehead atoms. The van der Waals surface area contributed by atoms with E-state index in [0.717, 1.165) is 41.0 Å². The molecule has 0 radical (unpaired) electrons. The van der Waals surface area contributed by atoms with Crippen molar-refractivity contribution in [3.05, 3.63) is 65.2 Å². The van der Waals surface area contributed by atoms with Crippen LogP contribution in [-0.4, -0.2) is 54.9 Å². The van der Waals surface area contributed by atoms with Crippen molar-refractivity contribution in [2.24, 2.45) is 5.41 Å². The van der Waals surface area contributed by atoms with E-state index in [9.17, 15) is 14.4 Å². The predicted molar refractivity (Wildman–Crippen MR) is 145 cm³/mol. The molecule has 0 saturated carbocycles. The average Bonchev–Trinajstić information content (AvgIpc) is 3.54. The first-order valence-corrected chi connectivity index (χ1v) is 12.9. The predicted octanol–water partition coefficient (Wildman–Crippen LogP) is 4.13. The van der Waals surface area contributed by atoms with Crippen molar-refractivity contribution in [3.8, 4) is 5.75 Å². The Kier molecular flexibility index (Phi) is 7.71. The summed E-state index contributed by atoms with van der Waals surface area (Å²) in [5.41, 5.74) is 3.40. The fourth-order valence-corrected chi connectivity index (χ4v) is 4.89. The van der Waals surface area contributed by atoms with Crippen molar-refractivity contribution in [3.63, 3.8) is 0 Å². The number of nitrogens with zero attached hydrogens (tertiary/aromatic N) is 2. The topological polar surface area (TPSA) is 79.0 Å². The van der Waals surface area contributed by atoms with Crippen LogP contribution in [-0.2, 0) is 20.8 Å². The molecule has 37 heavy (non-hydrogen) atoms. The van der Waals surface area contributed by atoms with Crippen LogP contribution in [0.1, 0.15) is 50.3 Å². The van der Waals surface area contributed by atoms with Gasteiger partial charge in [-0.3, -0.25) is 14.4 Å². The summed E-state index contributed by atoms with van der Waals surface area (Å²) < 4.78 is 5.54. The van der Waals surface area contributed by atoms with Gasteiger partial charge in [0.15, 0.2) is 0 Å². The molecule has 0 aliphatic carbocycles. The quantitative estimate of drug-likeness (QED) is 0.602. The summed E-state index contributed by atoms with van der Waals surface area (Å²) in [6.07, 6.45) is 5.42. The minimum absolute atomic E-state index is 0.117. The standard InChI is InChI=1S/C30H37N3O4/c1-20-8-12-23(13-9-20)32(5)28(35)24-7-6-17-33(24)29(36)27(30(2,3)4)31-26(34)15-11-21-10-14-25-22(19-21)16-18-37-25/h8-15,19,24,27H,6-7,16-18H2,1-5H3,(H,31,34)/b15-11+/t24-,27?/m0/s1. The molecule has 3 amide bonds. The fourth-order valence-electron chi connectivity index (χ4n) is 4.89. The number of hydrogen-bond donors (Lipinski definition) is 1. The summed E-state index contributed by atoms with van der Waals surface area (Å²) in [5.74, 6) is 0.206. The van der Waals surface area contributed by atoms with E-state index in [2.05, 4.69) is 5.32 Å². The van der Waals surface area contributed by atoms with Crippen LogP contribution < -0.4 is 15.0 Å². The number of carbonyl (C=O) groups is 3. The number of anilines is 1. The van der Waals surface area contributed by atoms with E-state index in [-0.39, 0.29) is 17.7 Å². The average molecular weight is 504 g/mol. The third kappa shape index (κ3) is 6.04. The Bertz CT molecular complexity index is 1200. The van der Waals surface area contributed by atoms with E-state index in [1.165, 1.54) is 6.08 Å². The van der Waals surface area contributed by atoms with Gasteiger partial charge in [-0.1, -0.05) is 44.5 Å². The van der Waals surface area contributed by atoms with Crippen LogP contribution in [0.25, 0.3) is 6.08 Å². The Balaban J connectivity index is 1.46. The highest BCUT2D eigenvalue weighted by atomic mass is 16.5. The maximum Gasteiger partial charge on any atom is 0.249 e. The second-order valence-electron chi connectivity index (χ2n) is 11.0. The van der Waals surface area contributed by atoms with Crippen LogP contribution in [0.4, 0.5) is 5.69 Å². The van der Waals surface area contributed by atoms with Crippen molar-refractivity contribution in [1.29, 1.82) is 0 Å². The number of aryl methyl sites for hydroxylation is 1. The molecule has 1 unspecified atom stereocenters. The van der Waals surface area contributed by atoms with Crippen molar-refractivity contribution in [2.45, 2.75) is 59.0 Å². The molecular weight excluding hydrogens is 466 g/mol. The third-order valence-electron chi connectivity index (χ3n) is 7.11. The van der Waals surface area contributed by atoms with E-state index in [0.29, 0.717) is 19.6 Å². The van der Waals surface area contributed by atoms with Crippen LogP contribution in [0.15, 0.2) is 48.5 Å². The number of fused-ring (bicyclic) bond motifs is 1. The Hall–Kier alpha value is -3.61. The van der Waals surface area contributed by atoms with Gasteiger partial charge in [-0.2, -0.15) is 0 Å². The highest BCUT2D eigenvalue weighted by molar-refractivity contribution is 6.01. The smallest absolute Gasteiger partial charge is 0.249 e. The number of amides is 3. The lowest BCUT2D eigenvalue weighted by atomic mass is 9.85. The lowest BCUT2D eigenvalue weighted by Gasteiger charge is -2.36. The van der Waals surface area contributed by atoms with Gasteiger partial charge >= 0.3 is 0 Å².